The Bertz CT molecular complexity index is 491. The summed E-state index contributed by atoms with van der Waals surface area (Å²) in [6.45, 7) is -2.90. The van der Waals surface area contributed by atoms with Gasteiger partial charge in [0.2, 0.25) is 11.8 Å². The van der Waals surface area contributed by atoms with Gasteiger partial charge in [0.25, 0.3) is 0 Å². The van der Waals surface area contributed by atoms with Gasteiger partial charge in [-0.1, -0.05) is 18.2 Å². The van der Waals surface area contributed by atoms with E-state index in [4.69, 9.17) is 0 Å². The number of halogens is 2. The predicted octanol–water partition coefficient (Wildman–Crippen LogP) is 1.88. The first-order valence-corrected chi connectivity index (χ1v) is 5.92. The molecule has 102 valence electrons. The molecule has 1 fully saturated rings. The van der Waals surface area contributed by atoms with Crippen LogP contribution in [0.1, 0.15) is 18.4 Å². The molecule has 0 radical (unpaired) electrons. The van der Waals surface area contributed by atoms with E-state index in [9.17, 15) is 18.4 Å². The number of ether oxygens (including phenoxy) is 1. The number of para-hydroxylation sites is 1. The van der Waals surface area contributed by atoms with Crippen molar-refractivity contribution in [3.05, 3.63) is 29.8 Å². The van der Waals surface area contributed by atoms with Crippen molar-refractivity contribution in [1.82, 2.24) is 5.32 Å². The highest BCUT2D eigenvalue weighted by atomic mass is 19.3. The van der Waals surface area contributed by atoms with E-state index in [0.29, 0.717) is 12.0 Å². The minimum absolute atomic E-state index is 0.0715. The lowest BCUT2D eigenvalue weighted by Crippen LogP contribution is -2.41. The highest BCUT2D eigenvalue weighted by molar-refractivity contribution is 5.98. The summed E-state index contributed by atoms with van der Waals surface area (Å²) in [6.07, 6.45) is 0.976. The second kappa shape index (κ2) is 5.77. The number of benzene rings is 1. The number of rotatable bonds is 4. The van der Waals surface area contributed by atoms with Gasteiger partial charge in [-0.15, -0.1) is 0 Å². The summed E-state index contributed by atoms with van der Waals surface area (Å²) >= 11 is 0. The lowest BCUT2D eigenvalue weighted by molar-refractivity contribution is -0.136. The Morgan fingerprint density at radius 2 is 2.05 bits per heavy atom. The molecule has 1 N–H and O–H groups in total. The van der Waals surface area contributed by atoms with Crippen LogP contribution >= 0.6 is 0 Å². The fourth-order valence-electron chi connectivity index (χ4n) is 2.08. The van der Waals surface area contributed by atoms with Crippen molar-refractivity contribution >= 4 is 11.8 Å². The van der Waals surface area contributed by atoms with E-state index in [1.807, 2.05) is 0 Å². The first kappa shape index (κ1) is 13.5. The number of alkyl halides is 2. The molecule has 2 rings (SSSR count). The van der Waals surface area contributed by atoms with Gasteiger partial charge >= 0.3 is 6.61 Å². The highest BCUT2D eigenvalue weighted by Gasteiger charge is 2.27. The van der Waals surface area contributed by atoms with Crippen LogP contribution in [0.3, 0.4) is 0 Å². The average Bonchev–Trinajstić information content (AvgIpc) is 2.34. The number of carbonyl (C=O) groups excluding carboxylic acids is 2. The minimum atomic E-state index is -2.90. The smallest absolute Gasteiger partial charge is 0.387 e. The van der Waals surface area contributed by atoms with E-state index in [0.717, 1.165) is 0 Å². The third-order valence-corrected chi connectivity index (χ3v) is 3.01. The van der Waals surface area contributed by atoms with Crippen molar-refractivity contribution in [3.63, 3.8) is 0 Å². The van der Waals surface area contributed by atoms with Gasteiger partial charge in [-0.05, 0) is 24.5 Å². The van der Waals surface area contributed by atoms with Gasteiger partial charge in [-0.2, -0.15) is 8.78 Å². The Hall–Kier alpha value is -1.98. The van der Waals surface area contributed by atoms with Crippen LogP contribution in [0.25, 0.3) is 0 Å². The largest absolute Gasteiger partial charge is 0.435 e. The van der Waals surface area contributed by atoms with E-state index in [2.05, 4.69) is 10.1 Å². The van der Waals surface area contributed by atoms with Gasteiger partial charge in [-0.3, -0.25) is 14.9 Å². The lowest BCUT2D eigenvalue weighted by Gasteiger charge is -2.21. The molecule has 1 saturated heterocycles. The predicted molar refractivity (Wildman–Crippen MR) is 62.7 cm³/mol. The van der Waals surface area contributed by atoms with Gasteiger partial charge in [-0.25, -0.2) is 0 Å². The van der Waals surface area contributed by atoms with Crippen LogP contribution in [0.4, 0.5) is 8.78 Å². The summed E-state index contributed by atoms with van der Waals surface area (Å²) in [7, 11) is 0. The normalized spacial score (nSPS) is 19.4. The number of hydrogen-bond donors (Lipinski definition) is 1. The second-order valence-corrected chi connectivity index (χ2v) is 4.34. The number of amides is 2. The topological polar surface area (TPSA) is 55.4 Å². The maximum atomic E-state index is 12.3. The second-order valence-electron chi connectivity index (χ2n) is 4.34. The molecule has 1 aromatic carbocycles. The summed E-state index contributed by atoms with van der Waals surface area (Å²) in [4.78, 5) is 22.6. The molecular weight excluding hydrogens is 256 g/mol. The van der Waals surface area contributed by atoms with E-state index in [-0.39, 0.29) is 36.3 Å². The molecule has 0 aromatic heterocycles. The minimum Gasteiger partial charge on any atom is -0.435 e. The molecule has 1 atom stereocenters. The summed E-state index contributed by atoms with van der Waals surface area (Å²) in [5.41, 5.74) is 0.539. The first-order chi connectivity index (χ1) is 9.06. The van der Waals surface area contributed by atoms with Crippen molar-refractivity contribution in [2.45, 2.75) is 25.9 Å². The van der Waals surface area contributed by atoms with Crippen LogP contribution in [0, 0.1) is 5.92 Å². The highest BCUT2D eigenvalue weighted by Crippen LogP contribution is 2.26. The molecule has 0 aliphatic carbocycles. The molecule has 1 aromatic rings. The fraction of sp³-hybridized carbons (Fsp3) is 0.385. The zero-order valence-corrected chi connectivity index (χ0v) is 10.1. The molecule has 6 heteroatoms. The van der Waals surface area contributed by atoms with Crippen LogP contribution in [-0.2, 0) is 16.0 Å². The van der Waals surface area contributed by atoms with Crippen molar-refractivity contribution in [2.24, 2.45) is 5.92 Å². The van der Waals surface area contributed by atoms with Gasteiger partial charge in [0.15, 0.2) is 0 Å². The maximum absolute atomic E-state index is 12.3. The van der Waals surface area contributed by atoms with E-state index in [1.54, 1.807) is 18.2 Å². The molecule has 0 saturated carbocycles. The van der Waals surface area contributed by atoms with Crippen LogP contribution in [0.15, 0.2) is 24.3 Å². The monoisotopic (exact) mass is 269 g/mol. The molecule has 0 spiro atoms. The van der Waals surface area contributed by atoms with Crippen molar-refractivity contribution in [2.75, 3.05) is 0 Å². The van der Waals surface area contributed by atoms with Crippen LogP contribution in [0.2, 0.25) is 0 Å². The quantitative estimate of drug-likeness (QED) is 0.849. The summed E-state index contributed by atoms with van der Waals surface area (Å²) < 4.78 is 28.9. The molecule has 19 heavy (non-hydrogen) atoms. The number of imide groups is 1. The molecule has 1 aliphatic rings. The average molecular weight is 269 g/mol. The van der Waals surface area contributed by atoms with E-state index in [1.165, 1.54) is 6.07 Å². The van der Waals surface area contributed by atoms with Crippen LogP contribution in [-0.4, -0.2) is 18.4 Å². The number of nitrogens with one attached hydrogen (secondary N) is 1. The maximum Gasteiger partial charge on any atom is 0.387 e. The Balaban J connectivity index is 2.10. The Kier molecular flexibility index (Phi) is 4.09. The van der Waals surface area contributed by atoms with Crippen molar-refractivity contribution in [1.29, 1.82) is 0 Å². The van der Waals surface area contributed by atoms with Crippen LogP contribution in [0.5, 0.6) is 5.75 Å². The Labute approximate surface area is 108 Å². The number of carbonyl (C=O) groups is 2. The van der Waals surface area contributed by atoms with Crippen molar-refractivity contribution in [3.8, 4) is 5.75 Å². The molecule has 1 unspecified atom stereocenters. The van der Waals surface area contributed by atoms with Gasteiger partial charge in [0.1, 0.15) is 5.75 Å². The van der Waals surface area contributed by atoms with Gasteiger partial charge in [0, 0.05) is 12.3 Å². The standard InChI is InChI=1S/C13H13F2NO3/c14-13(15)19-10-4-2-1-3-8(10)7-9-5-6-11(17)16-12(9)18/h1-4,9,13H,5-7H2,(H,16,17,18). The Morgan fingerprint density at radius 3 is 2.74 bits per heavy atom. The molecule has 0 bridgehead atoms. The first-order valence-electron chi connectivity index (χ1n) is 5.92. The van der Waals surface area contributed by atoms with E-state index >= 15 is 0 Å². The Morgan fingerprint density at radius 1 is 1.32 bits per heavy atom. The molecular formula is C13H13F2NO3. The van der Waals surface area contributed by atoms with Crippen molar-refractivity contribution < 1.29 is 23.1 Å². The molecule has 4 nitrogen and oxygen atoms in total. The third kappa shape index (κ3) is 3.49. The van der Waals surface area contributed by atoms with Gasteiger partial charge < -0.3 is 4.74 Å². The summed E-state index contributed by atoms with van der Waals surface area (Å²) in [5, 5.41) is 2.24. The molecule has 2 amide bonds. The zero-order chi connectivity index (χ0) is 13.8. The fourth-order valence-corrected chi connectivity index (χ4v) is 2.08. The summed E-state index contributed by atoms with van der Waals surface area (Å²) in [5.74, 6) is -0.969. The number of hydrogen-bond acceptors (Lipinski definition) is 3. The summed E-state index contributed by atoms with van der Waals surface area (Å²) in [6, 6.07) is 6.36. The SMILES string of the molecule is O=C1CCC(Cc2ccccc2OC(F)F)C(=O)N1. The van der Waals surface area contributed by atoms with Crippen LogP contribution < -0.4 is 10.1 Å². The third-order valence-electron chi connectivity index (χ3n) is 3.01. The zero-order valence-electron chi connectivity index (χ0n) is 10.1. The molecule has 1 aliphatic heterocycles. The molecule has 1 heterocycles. The lowest BCUT2D eigenvalue weighted by atomic mass is 9.91. The van der Waals surface area contributed by atoms with E-state index < -0.39 is 6.61 Å². The number of piperidine rings is 1. The van der Waals surface area contributed by atoms with Gasteiger partial charge in [0.05, 0.1) is 0 Å².